The molecule has 0 rings (SSSR count). The molecular formula is C33H81KN4O8. The van der Waals surface area contributed by atoms with E-state index in [9.17, 15) is 19.5 Å². The second-order valence-corrected chi connectivity index (χ2v) is 9.06. The van der Waals surface area contributed by atoms with Crippen molar-refractivity contribution in [3.8, 4) is 0 Å². The van der Waals surface area contributed by atoms with Crippen molar-refractivity contribution in [2.45, 2.75) is 129 Å². The molecule has 0 aromatic rings. The smallest absolute Gasteiger partial charge is 0.870 e. The zero-order valence-electron chi connectivity index (χ0n) is 30.8. The Morgan fingerprint density at radius 2 is 1.13 bits per heavy atom. The number of ether oxygens (including phenoxy) is 1. The maximum Gasteiger partial charge on any atom is 1.00 e. The van der Waals surface area contributed by atoms with Crippen LogP contribution >= 0.6 is 0 Å². The molecule has 0 fully saturated rings. The molecule has 0 aliphatic rings. The van der Waals surface area contributed by atoms with Crippen molar-refractivity contribution in [1.82, 2.24) is 14.7 Å². The first kappa shape index (κ1) is 71.8. The van der Waals surface area contributed by atoms with Crippen molar-refractivity contribution in [3.05, 3.63) is 0 Å². The summed E-state index contributed by atoms with van der Waals surface area (Å²) >= 11 is 0. The summed E-state index contributed by atoms with van der Waals surface area (Å²) in [5, 5.41) is 17.1. The molecule has 0 saturated heterocycles. The van der Waals surface area contributed by atoms with E-state index >= 15 is 0 Å². The summed E-state index contributed by atoms with van der Waals surface area (Å²) in [6.07, 6.45) is 3.78. The third-order valence-corrected chi connectivity index (χ3v) is 5.85. The number of amides is 1. The van der Waals surface area contributed by atoms with Crippen LogP contribution in [-0.2, 0) is 19.1 Å². The summed E-state index contributed by atoms with van der Waals surface area (Å²) in [5.41, 5.74) is 5.36. The van der Waals surface area contributed by atoms with Gasteiger partial charge in [0, 0.05) is 46.4 Å². The van der Waals surface area contributed by atoms with Gasteiger partial charge >= 0.3 is 57.4 Å². The van der Waals surface area contributed by atoms with Crippen LogP contribution in [0.15, 0.2) is 0 Å². The Balaban J connectivity index is -0.0000000479. The fourth-order valence-corrected chi connectivity index (χ4v) is 3.09. The van der Waals surface area contributed by atoms with E-state index in [-0.39, 0.29) is 95.7 Å². The van der Waals surface area contributed by atoms with Gasteiger partial charge in [0.25, 0.3) is 0 Å². The van der Waals surface area contributed by atoms with Crippen LogP contribution < -0.4 is 57.1 Å². The Bertz CT molecular complexity index is 552. The third-order valence-electron chi connectivity index (χ3n) is 5.85. The topological polar surface area (TPSA) is 198 Å². The summed E-state index contributed by atoms with van der Waals surface area (Å²) in [4.78, 5) is 37.9. The van der Waals surface area contributed by atoms with Gasteiger partial charge in [-0.2, -0.15) is 0 Å². The van der Waals surface area contributed by atoms with E-state index in [0.717, 1.165) is 65.2 Å². The molecule has 12 nitrogen and oxygen atoms in total. The number of rotatable bonds is 17. The van der Waals surface area contributed by atoms with Crippen molar-refractivity contribution in [2.24, 2.45) is 5.73 Å². The van der Waals surface area contributed by atoms with Crippen LogP contribution in [-0.4, -0.2) is 132 Å². The molecular weight excluding hydrogens is 619 g/mol. The molecule has 0 saturated carbocycles. The molecule has 0 radical (unpaired) electrons. The number of esters is 1. The number of carbonyl (C=O) groups excluding carboxylic acids is 3. The van der Waals surface area contributed by atoms with Crippen LogP contribution in [0.3, 0.4) is 0 Å². The summed E-state index contributed by atoms with van der Waals surface area (Å²) in [6, 6.07) is 0. The van der Waals surface area contributed by atoms with E-state index in [2.05, 4.69) is 42.2 Å². The molecule has 0 spiro atoms. The quantitative estimate of drug-likeness (QED) is 0.147. The van der Waals surface area contributed by atoms with Crippen molar-refractivity contribution in [2.75, 3.05) is 72.1 Å². The van der Waals surface area contributed by atoms with Gasteiger partial charge in [-0.3, -0.25) is 14.4 Å². The Morgan fingerprint density at radius 1 is 0.761 bits per heavy atom. The Hall–Kier alpha value is -0.0336. The monoisotopic (exact) mass is 701 g/mol. The van der Waals surface area contributed by atoms with E-state index in [0.29, 0.717) is 38.2 Å². The van der Waals surface area contributed by atoms with Gasteiger partial charge in [0.05, 0.1) is 12.7 Å². The number of hydrogen-bond donors (Lipinski definition) is 3. The predicted octanol–water partition coefficient (Wildman–Crippen LogP) is 1.23. The summed E-state index contributed by atoms with van der Waals surface area (Å²) in [6.45, 7) is 30.1. The van der Waals surface area contributed by atoms with Crippen LogP contribution in [0.4, 0.5) is 0 Å². The molecule has 0 aliphatic heterocycles. The number of hydrogen-bond acceptors (Lipinski definition) is 10. The standard InChI is InChI=1S/C13H28N2O2.C7H18N2.C5H10O.C4H8O2.C2H6O.2CH4.K.2H2O/c1-5-13(17)11-15(12(4)16)10-8-9-14(6-2)7-3;1-3-9(4-2)7-5-6-8;1-3-5(6)4-2;1-3-6-4(2)5;1-2-3;;;;;/h13,17H,5-11H2,1-4H3;3-8H2,1-2H3;3-4H2,1-2H3;3H2,1-2H3;3H,2H2,1H3;2*1H4;;2*1H2/q;;;;;;;+1;;/p-1. The minimum atomic E-state index is -0.396. The van der Waals surface area contributed by atoms with Crippen LogP contribution in [0.1, 0.15) is 123 Å². The first-order chi connectivity index (χ1) is 19.4. The molecule has 13 heteroatoms. The molecule has 0 aromatic heterocycles. The average Bonchev–Trinajstić information content (AvgIpc) is 2.96. The summed E-state index contributed by atoms with van der Waals surface area (Å²) in [7, 11) is 0. The summed E-state index contributed by atoms with van der Waals surface area (Å²) in [5.74, 6) is 0.185. The number of carbonyl (C=O) groups is 3. The molecule has 1 atom stereocenters. The van der Waals surface area contributed by atoms with Crippen LogP contribution in [0.2, 0.25) is 0 Å². The molecule has 0 heterocycles. The van der Waals surface area contributed by atoms with Crippen molar-refractivity contribution in [3.63, 3.8) is 0 Å². The molecule has 0 bridgehead atoms. The van der Waals surface area contributed by atoms with Gasteiger partial charge < -0.3 is 46.3 Å². The van der Waals surface area contributed by atoms with Gasteiger partial charge in [0.1, 0.15) is 5.78 Å². The number of Topliss-reactive ketones (excluding diaryl/α,β-unsaturated/α-hetero) is 1. The number of aliphatic hydroxyl groups is 2. The van der Waals surface area contributed by atoms with Gasteiger partial charge in [0.2, 0.25) is 5.91 Å². The van der Waals surface area contributed by atoms with Crippen LogP contribution in [0.25, 0.3) is 0 Å². The maximum atomic E-state index is 11.4. The molecule has 1 unspecified atom stereocenters. The average molecular weight is 701 g/mol. The first-order valence-corrected chi connectivity index (χ1v) is 15.7. The Labute approximate surface area is 328 Å². The molecule has 0 aromatic carbocycles. The molecule has 46 heavy (non-hydrogen) atoms. The predicted molar refractivity (Wildman–Crippen MR) is 192 cm³/mol. The second kappa shape index (κ2) is 60.3. The van der Waals surface area contributed by atoms with E-state index in [1.165, 1.54) is 6.92 Å². The minimum Gasteiger partial charge on any atom is -0.870 e. The molecule has 0 aliphatic carbocycles. The fourth-order valence-electron chi connectivity index (χ4n) is 3.09. The second-order valence-electron chi connectivity index (χ2n) is 9.06. The first-order valence-electron chi connectivity index (χ1n) is 15.7. The van der Waals surface area contributed by atoms with Crippen molar-refractivity contribution < 1.29 is 91.7 Å². The number of ketones is 1. The van der Waals surface area contributed by atoms with E-state index in [1.807, 2.05) is 20.8 Å². The van der Waals surface area contributed by atoms with Crippen LogP contribution in [0, 0.1) is 0 Å². The fraction of sp³-hybridized carbons (Fsp3) is 0.909. The SMILES string of the molecule is C.C.CCC(=O)CC.CCC(O)CN(CCCN(CC)CC)C(C)=O.CCN(CC)CCCN.CCO.CCOC(C)=O.O.[K+].[OH-]. The van der Waals surface area contributed by atoms with Gasteiger partial charge in [-0.1, -0.05) is 63.3 Å². The van der Waals surface area contributed by atoms with Crippen LogP contribution in [0.5, 0.6) is 0 Å². The Kier molecular flexibility index (Phi) is 94.2. The molecule has 282 valence electrons. The molecule has 1 amide bonds. The van der Waals surface area contributed by atoms with Crippen molar-refractivity contribution >= 4 is 17.7 Å². The maximum absolute atomic E-state index is 11.4. The zero-order chi connectivity index (χ0) is 33.1. The van der Waals surface area contributed by atoms with Gasteiger partial charge in [-0.25, -0.2) is 0 Å². The zero-order valence-corrected chi connectivity index (χ0v) is 33.9. The Morgan fingerprint density at radius 3 is 1.33 bits per heavy atom. The number of nitrogens with zero attached hydrogens (tertiary/aromatic N) is 3. The molecule has 7 N–H and O–H groups in total. The van der Waals surface area contributed by atoms with Gasteiger partial charge in [-0.05, 0) is 78.9 Å². The van der Waals surface area contributed by atoms with E-state index in [4.69, 9.17) is 10.8 Å². The van der Waals surface area contributed by atoms with E-state index < -0.39 is 6.10 Å². The van der Waals surface area contributed by atoms with Gasteiger partial charge in [-0.15, -0.1) is 0 Å². The largest absolute Gasteiger partial charge is 1.00 e. The number of nitrogens with two attached hydrogens (primary N) is 1. The normalized spacial score (nSPS) is 9.30. The number of aliphatic hydroxyl groups excluding tert-OH is 2. The van der Waals surface area contributed by atoms with Crippen molar-refractivity contribution in [1.29, 1.82) is 0 Å². The summed E-state index contributed by atoms with van der Waals surface area (Å²) < 4.78 is 4.40. The third kappa shape index (κ3) is 66.4. The van der Waals surface area contributed by atoms with Gasteiger partial charge in [0.15, 0.2) is 0 Å². The van der Waals surface area contributed by atoms with E-state index in [1.54, 1.807) is 25.7 Å². The minimum absolute atomic E-state index is 0.